The minimum absolute atomic E-state index is 0.0797. The Morgan fingerprint density at radius 2 is 1.79 bits per heavy atom. The van der Waals surface area contributed by atoms with Crippen molar-refractivity contribution in [3.8, 4) is 0 Å². The molecule has 1 atom stereocenters. The van der Waals surface area contributed by atoms with E-state index < -0.39 is 11.9 Å². The number of hydrogen-bond acceptors (Lipinski definition) is 2. The van der Waals surface area contributed by atoms with Crippen LogP contribution in [0.25, 0.3) is 0 Å². The number of carboxylic acids is 1. The van der Waals surface area contributed by atoms with E-state index in [0.29, 0.717) is 5.69 Å². The molecule has 3 nitrogen and oxygen atoms in total. The summed E-state index contributed by atoms with van der Waals surface area (Å²) in [5.74, 6) is -1.16. The molecule has 1 aromatic carbocycles. The van der Waals surface area contributed by atoms with Gasteiger partial charge in [-0.15, -0.1) is 0 Å². The summed E-state index contributed by atoms with van der Waals surface area (Å²) in [5, 5.41) is 9.04. The molecule has 0 aliphatic rings. The first kappa shape index (κ1) is 10.6. The Morgan fingerprint density at radius 1 is 1.29 bits per heavy atom. The Labute approximate surface area is 83.6 Å². The molecular formula is C11H15NO2. The highest BCUT2D eigenvalue weighted by atomic mass is 16.4. The van der Waals surface area contributed by atoms with Gasteiger partial charge in [0.2, 0.25) is 0 Å². The Morgan fingerprint density at radius 3 is 2.14 bits per heavy atom. The molecule has 1 rings (SSSR count). The molecule has 0 saturated carbocycles. The largest absolute Gasteiger partial charge is 0.481 e. The number of aliphatic carboxylic acids is 1. The smallest absolute Gasteiger partial charge is 0.311 e. The number of benzene rings is 1. The lowest BCUT2D eigenvalue weighted by Crippen LogP contribution is -2.17. The molecule has 3 heteroatoms. The van der Waals surface area contributed by atoms with Gasteiger partial charge in [-0.3, -0.25) is 4.79 Å². The third-order valence-corrected chi connectivity index (χ3v) is 2.23. The number of nitrogens with two attached hydrogens (primary N) is 1. The third kappa shape index (κ3) is 2.25. The molecule has 0 aromatic heterocycles. The fourth-order valence-electron chi connectivity index (χ4n) is 1.52. The zero-order valence-electron chi connectivity index (χ0n) is 8.40. The highest BCUT2D eigenvalue weighted by Gasteiger charge is 2.22. The molecule has 0 heterocycles. The summed E-state index contributed by atoms with van der Waals surface area (Å²) in [6, 6.07) is 7.00. The van der Waals surface area contributed by atoms with E-state index in [4.69, 9.17) is 10.8 Å². The van der Waals surface area contributed by atoms with Crippen molar-refractivity contribution in [1.82, 2.24) is 0 Å². The van der Waals surface area contributed by atoms with Crippen LogP contribution in [0.4, 0.5) is 5.69 Å². The van der Waals surface area contributed by atoms with Crippen molar-refractivity contribution in [3.05, 3.63) is 29.8 Å². The summed E-state index contributed by atoms with van der Waals surface area (Å²) in [5.41, 5.74) is 6.99. The lowest BCUT2D eigenvalue weighted by molar-refractivity contribution is -0.139. The second kappa shape index (κ2) is 4.13. The average molecular weight is 193 g/mol. The zero-order valence-corrected chi connectivity index (χ0v) is 8.40. The van der Waals surface area contributed by atoms with E-state index in [2.05, 4.69) is 0 Å². The first-order chi connectivity index (χ1) is 6.52. The van der Waals surface area contributed by atoms with Crippen LogP contribution in [-0.2, 0) is 4.79 Å². The van der Waals surface area contributed by atoms with Crippen LogP contribution in [-0.4, -0.2) is 11.1 Å². The van der Waals surface area contributed by atoms with Crippen molar-refractivity contribution in [2.75, 3.05) is 5.73 Å². The minimum Gasteiger partial charge on any atom is -0.481 e. The average Bonchev–Trinajstić information content (AvgIpc) is 2.07. The van der Waals surface area contributed by atoms with Gasteiger partial charge in [0.05, 0.1) is 5.92 Å². The van der Waals surface area contributed by atoms with Gasteiger partial charge in [0.1, 0.15) is 0 Å². The highest BCUT2D eigenvalue weighted by molar-refractivity contribution is 5.76. The molecule has 0 bridgehead atoms. The van der Waals surface area contributed by atoms with Crippen molar-refractivity contribution in [2.24, 2.45) is 5.92 Å². The molecule has 0 fully saturated rings. The van der Waals surface area contributed by atoms with Crippen LogP contribution in [0.5, 0.6) is 0 Å². The van der Waals surface area contributed by atoms with E-state index >= 15 is 0 Å². The molecule has 0 spiro atoms. The van der Waals surface area contributed by atoms with E-state index in [9.17, 15) is 4.79 Å². The number of hydrogen-bond donors (Lipinski definition) is 2. The summed E-state index contributed by atoms with van der Waals surface area (Å²) < 4.78 is 0. The predicted octanol–water partition coefficient (Wildman–Crippen LogP) is 2.09. The number of nitrogen functional groups attached to an aromatic ring is 1. The Balaban J connectivity index is 3.00. The predicted molar refractivity (Wildman–Crippen MR) is 56.1 cm³/mol. The van der Waals surface area contributed by atoms with Crippen LogP contribution >= 0.6 is 0 Å². The molecule has 1 aromatic rings. The molecule has 3 N–H and O–H groups in total. The Kier molecular flexibility index (Phi) is 3.12. The summed E-state index contributed by atoms with van der Waals surface area (Å²) in [6.45, 7) is 3.80. The molecular weight excluding hydrogens is 178 g/mol. The fourth-order valence-corrected chi connectivity index (χ4v) is 1.52. The zero-order chi connectivity index (χ0) is 10.7. The third-order valence-electron chi connectivity index (χ3n) is 2.23. The summed E-state index contributed by atoms with van der Waals surface area (Å²) >= 11 is 0. The van der Waals surface area contributed by atoms with Gasteiger partial charge in [0.25, 0.3) is 0 Å². The fraction of sp³-hybridized carbons (Fsp3) is 0.364. The van der Waals surface area contributed by atoms with Gasteiger partial charge in [-0.2, -0.15) is 0 Å². The van der Waals surface area contributed by atoms with E-state index in [-0.39, 0.29) is 5.92 Å². The van der Waals surface area contributed by atoms with Gasteiger partial charge >= 0.3 is 5.97 Å². The second-order valence-electron chi connectivity index (χ2n) is 3.73. The summed E-state index contributed by atoms with van der Waals surface area (Å²) in [6.07, 6.45) is 0. The van der Waals surface area contributed by atoms with Crippen LogP contribution in [0.1, 0.15) is 25.3 Å². The van der Waals surface area contributed by atoms with Crippen molar-refractivity contribution < 1.29 is 9.90 Å². The van der Waals surface area contributed by atoms with Crippen molar-refractivity contribution in [3.63, 3.8) is 0 Å². The van der Waals surface area contributed by atoms with Crippen molar-refractivity contribution >= 4 is 11.7 Å². The molecule has 1 unspecified atom stereocenters. The lowest BCUT2D eigenvalue weighted by atomic mass is 9.88. The molecule has 0 aliphatic heterocycles. The number of anilines is 1. The monoisotopic (exact) mass is 193 g/mol. The molecule has 0 saturated heterocycles. The SMILES string of the molecule is CC(C)C(C(=O)O)c1ccc(N)cc1. The van der Waals surface area contributed by atoms with Gasteiger partial charge in [0.15, 0.2) is 0 Å². The van der Waals surface area contributed by atoms with Crippen molar-refractivity contribution in [2.45, 2.75) is 19.8 Å². The van der Waals surface area contributed by atoms with Gasteiger partial charge in [-0.25, -0.2) is 0 Å². The van der Waals surface area contributed by atoms with Crippen LogP contribution in [0.3, 0.4) is 0 Å². The minimum atomic E-state index is -0.787. The van der Waals surface area contributed by atoms with Crippen molar-refractivity contribution in [1.29, 1.82) is 0 Å². The Bertz CT molecular complexity index is 317. The quantitative estimate of drug-likeness (QED) is 0.722. The second-order valence-corrected chi connectivity index (χ2v) is 3.73. The molecule has 76 valence electrons. The maximum Gasteiger partial charge on any atom is 0.311 e. The lowest BCUT2D eigenvalue weighted by Gasteiger charge is -2.16. The standard InChI is InChI=1S/C11H15NO2/c1-7(2)10(11(13)14)8-3-5-9(12)6-4-8/h3-7,10H,12H2,1-2H3,(H,13,14). The molecule has 14 heavy (non-hydrogen) atoms. The normalized spacial score (nSPS) is 12.8. The summed E-state index contributed by atoms with van der Waals surface area (Å²) in [7, 11) is 0. The first-order valence-electron chi connectivity index (χ1n) is 4.60. The molecule has 0 radical (unpaired) electrons. The Hall–Kier alpha value is -1.51. The van der Waals surface area contributed by atoms with E-state index in [0.717, 1.165) is 5.56 Å². The van der Waals surface area contributed by atoms with Gasteiger partial charge in [0, 0.05) is 5.69 Å². The van der Waals surface area contributed by atoms with Gasteiger partial charge in [-0.05, 0) is 23.6 Å². The summed E-state index contributed by atoms with van der Waals surface area (Å²) in [4.78, 5) is 11.0. The van der Waals surface area contributed by atoms with Crippen LogP contribution < -0.4 is 5.73 Å². The van der Waals surface area contributed by atoms with Crippen LogP contribution in [0, 0.1) is 5.92 Å². The maximum atomic E-state index is 11.0. The van der Waals surface area contributed by atoms with E-state index in [1.165, 1.54) is 0 Å². The molecule has 0 amide bonds. The number of rotatable bonds is 3. The first-order valence-corrected chi connectivity index (χ1v) is 4.60. The van der Waals surface area contributed by atoms with E-state index in [1.54, 1.807) is 24.3 Å². The van der Waals surface area contributed by atoms with Gasteiger partial charge < -0.3 is 10.8 Å². The maximum absolute atomic E-state index is 11.0. The molecule has 0 aliphatic carbocycles. The van der Waals surface area contributed by atoms with Crippen LogP contribution in [0.2, 0.25) is 0 Å². The highest BCUT2D eigenvalue weighted by Crippen LogP contribution is 2.25. The van der Waals surface area contributed by atoms with Gasteiger partial charge in [-0.1, -0.05) is 26.0 Å². The topological polar surface area (TPSA) is 63.3 Å². The number of carbonyl (C=O) groups is 1. The van der Waals surface area contributed by atoms with E-state index in [1.807, 2.05) is 13.8 Å². The van der Waals surface area contributed by atoms with Crippen LogP contribution in [0.15, 0.2) is 24.3 Å². The number of carboxylic acid groups (broad SMARTS) is 1.